The van der Waals surface area contributed by atoms with Crippen LogP contribution in [-0.2, 0) is 6.61 Å². The van der Waals surface area contributed by atoms with E-state index in [-0.39, 0.29) is 11.8 Å². The Morgan fingerprint density at radius 3 is 2.82 bits per heavy atom. The zero-order chi connectivity index (χ0) is 19.7. The predicted molar refractivity (Wildman–Crippen MR) is 105 cm³/mol. The number of aromatic nitrogens is 2. The van der Waals surface area contributed by atoms with Crippen molar-refractivity contribution in [2.75, 3.05) is 0 Å². The van der Waals surface area contributed by atoms with Gasteiger partial charge in [-0.3, -0.25) is 5.10 Å². The first-order valence-electron chi connectivity index (χ1n) is 8.66. The van der Waals surface area contributed by atoms with Crippen LogP contribution in [0.25, 0.3) is 0 Å². The van der Waals surface area contributed by atoms with E-state index in [0.717, 1.165) is 22.4 Å². The minimum Gasteiger partial charge on any atom is -0.489 e. The van der Waals surface area contributed by atoms with Gasteiger partial charge in [0, 0.05) is 16.3 Å². The highest BCUT2D eigenvalue weighted by atomic mass is 35.5. The molecule has 3 aromatic rings. The summed E-state index contributed by atoms with van der Waals surface area (Å²) in [4.78, 5) is 0. The summed E-state index contributed by atoms with van der Waals surface area (Å²) in [6.07, 6.45) is 0. The number of H-pyrrole nitrogens is 1. The van der Waals surface area contributed by atoms with Gasteiger partial charge in [-0.15, -0.1) is 5.10 Å². The van der Waals surface area contributed by atoms with Crippen molar-refractivity contribution in [1.82, 2.24) is 10.2 Å². The second kappa shape index (κ2) is 7.29. The first-order valence-corrected chi connectivity index (χ1v) is 9.04. The Morgan fingerprint density at radius 2 is 2.07 bits per heavy atom. The molecule has 1 aromatic heterocycles. The first kappa shape index (κ1) is 18.0. The fourth-order valence-electron chi connectivity index (χ4n) is 3.26. The molecule has 1 atom stereocenters. The molecule has 0 fully saturated rings. The van der Waals surface area contributed by atoms with Gasteiger partial charge in [-0.1, -0.05) is 35.9 Å². The lowest BCUT2D eigenvalue weighted by atomic mass is 9.84. The average Bonchev–Trinajstić information content (AvgIpc) is 3.07. The smallest absolute Gasteiger partial charge is 0.244 e. The molecule has 0 saturated carbocycles. The highest BCUT2D eigenvalue weighted by Gasteiger charge is 2.34. The van der Waals surface area contributed by atoms with Crippen LogP contribution >= 0.6 is 11.6 Å². The van der Waals surface area contributed by atoms with Crippen molar-refractivity contribution < 1.29 is 9.47 Å². The number of nitrogens with one attached hydrogen (secondary N) is 1. The molecule has 0 spiro atoms. The van der Waals surface area contributed by atoms with Crippen LogP contribution in [-0.4, -0.2) is 10.2 Å². The summed E-state index contributed by atoms with van der Waals surface area (Å²) in [5.74, 6) is 0.787. The molecule has 140 valence electrons. The molecule has 0 radical (unpaired) electrons. The van der Waals surface area contributed by atoms with Crippen LogP contribution in [0.15, 0.2) is 60.0 Å². The van der Waals surface area contributed by atoms with E-state index in [9.17, 15) is 5.26 Å². The third kappa shape index (κ3) is 3.28. The molecule has 2 aromatic carbocycles. The van der Waals surface area contributed by atoms with Crippen molar-refractivity contribution in [3.8, 4) is 17.7 Å². The van der Waals surface area contributed by atoms with Gasteiger partial charge in [0.15, 0.2) is 0 Å². The second-order valence-corrected chi connectivity index (χ2v) is 6.92. The molecule has 0 unspecified atom stereocenters. The van der Waals surface area contributed by atoms with Gasteiger partial charge in [-0.2, -0.15) is 5.26 Å². The Bertz CT molecular complexity index is 1100. The number of aryl methyl sites for hydroxylation is 1. The van der Waals surface area contributed by atoms with Gasteiger partial charge < -0.3 is 15.2 Å². The van der Waals surface area contributed by atoms with Crippen LogP contribution < -0.4 is 15.2 Å². The van der Waals surface area contributed by atoms with E-state index < -0.39 is 0 Å². The molecule has 1 aliphatic rings. The monoisotopic (exact) mass is 392 g/mol. The number of aromatic amines is 1. The van der Waals surface area contributed by atoms with E-state index in [0.29, 0.717) is 28.8 Å². The van der Waals surface area contributed by atoms with E-state index in [4.69, 9.17) is 26.8 Å². The minimum atomic E-state index is -0.369. The topological polar surface area (TPSA) is 97.0 Å². The van der Waals surface area contributed by atoms with E-state index >= 15 is 0 Å². The average molecular weight is 393 g/mol. The molecule has 7 heteroatoms. The van der Waals surface area contributed by atoms with E-state index in [1.807, 2.05) is 55.5 Å². The first-order chi connectivity index (χ1) is 13.6. The van der Waals surface area contributed by atoms with Gasteiger partial charge >= 0.3 is 0 Å². The highest BCUT2D eigenvalue weighted by molar-refractivity contribution is 6.30. The molecule has 0 amide bonds. The van der Waals surface area contributed by atoms with E-state index in [1.54, 1.807) is 0 Å². The third-order valence-electron chi connectivity index (χ3n) is 4.64. The van der Waals surface area contributed by atoms with Gasteiger partial charge in [0.25, 0.3) is 0 Å². The SMILES string of the molecule is Cc1[nH]nc2c1[C@@H](c1cccc(OCc3ccc(Cl)cc3)c1)C(C#N)=C(N)O2. The molecule has 3 N–H and O–H groups in total. The van der Waals surface area contributed by atoms with Crippen LogP contribution in [0, 0.1) is 18.3 Å². The van der Waals surface area contributed by atoms with Crippen LogP contribution in [0.2, 0.25) is 5.02 Å². The normalized spacial score (nSPS) is 15.5. The van der Waals surface area contributed by atoms with Gasteiger partial charge in [-0.05, 0) is 42.3 Å². The van der Waals surface area contributed by atoms with E-state index in [1.165, 1.54) is 0 Å². The number of nitrogens with zero attached hydrogens (tertiary/aromatic N) is 2. The lowest BCUT2D eigenvalue weighted by molar-refractivity contribution is 0.306. The molecule has 2 heterocycles. The van der Waals surface area contributed by atoms with Crippen molar-refractivity contribution >= 4 is 11.6 Å². The number of fused-ring (bicyclic) bond motifs is 1. The van der Waals surface area contributed by atoms with Crippen LogP contribution in [0.1, 0.15) is 28.3 Å². The molecule has 1 aliphatic heterocycles. The zero-order valence-electron chi connectivity index (χ0n) is 15.1. The number of hydrogen-bond donors (Lipinski definition) is 2. The fraction of sp³-hybridized carbons (Fsp3) is 0.143. The largest absolute Gasteiger partial charge is 0.489 e. The number of nitriles is 1. The Labute approximate surface area is 167 Å². The van der Waals surface area contributed by atoms with Crippen LogP contribution in [0.4, 0.5) is 0 Å². The summed E-state index contributed by atoms with van der Waals surface area (Å²) in [7, 11) is 0. The minimum absolute atomic E-state index is 0.0685. The number of allylic oxidation sites excluding steroid dienone is 1. The van der Waals surface area contributed by atoms with Crippen LogP contribution in [0.5, 0.6) is 11.6 Å². The third-order valence-corrected chi connectivity index (χ3v) is 4.89. The van der Waals surface area contributed by atoms with E-state index in [2.05, 4.69) is 16.3 Å². The molecular weight excluding hydrogens is 376 g/mol. The summed E-state index contributed by atoms with van der Waals surface area (Å²) in [5, 5.41) is 17.4. The predicted octanol–water partition coefficient (Wildman–Crippen LogP) is 4.17. The maximum Gasteiger partial charge on any atom is 0.244 e. The van der Waals surface area contributed by atoms with Gasteiger partial charge in [-0.25, -0.2) is 0 Å². The Hall–Kier alpha value is -3.43. The quantitative estimate of drug-likeness (QED) is 0.694. The Balaban J connectivity index is 1.66. The summed E-state index contributed by atoms with van der Waals surface area (Å²) in [6.45, 7) is 2.30. The number of nitrogens with two attached hydrogens (primary N) is 1. The molecule has 4 rings (SSSR count). The van der Waals surface area contributed by atoms with Crippen molar-refractivity contribution in [2.45, 2.75) is 19.4 Å². The van der Waals surface area contributed by atoms with Gasteiger partial charge in [0.05, 0.1) is 5.92 Å². The summed E-state index contributed by atoms with van der Waals surface area (Å²) in [5.41, 5.74) is 9.84. The molecule has 0 saturated heterocycles. The Kier molecular flexibility index (Phi) is 4.68. The fourth-order valence-corrected chi connectivity index (χ4v) is 3.39. The number of hydrogen-bond acceptors (Lipinski definition) is 5. The molecule has 0 bridgehead atoms. The summed E-state index contributed by atoms with van der Waals surface area (Å²) >= 11 is 5.92. The van der Waals surface area contributed by atoms with Crippen molar-refractivity contribution in [2.24, 2.45) is 5.73 Å². The number of ether oxygens (including phenoxy) is 2. The Morgan fingerprint density at radius 1 is 1.29 bits per heavy atom. The van der Waals surface area contributed by atoms with Gasteiger partial charge in [0.2, 0.25) is 11.8 Å². The van der Waals surface area contributed by atoms with Crippen molar-refractivity contribution in [1.29, 1.82) is 5.26 Å². The van der Waals surface area contributed by atoms with Gasteiger partial charge in [0.1, 0.15) is 24.0 Å². The number of halogens is 1. The number of rotatable bonds is 4. The lowest BCUT2D eigenvalue weighted by Gasteiger charge is -2.24. The summed E-state index contributed by atoms with van der Waals surface area (Å²) < 4.78 is 11.4. The molecule has 6 nitrogen and oxygen atoms in total. The standard InChI is InChI=1S/C21H17ClN4O2/c1-12-18-19(17(10-23)20(24)28-21(18)26-25-12)14-3-2-4-16(9-14)27-11-13-5-7-15(22)8-6-13/h2-9,19H,11,24H2,1H3,(H,25,26)/t19-/m0/s1. The molecular formula is C21H17ClN4O2. The van der Waals surface area contributed by atoms with Crippen molar-refractivity contribution in [3.63, 3.8) is 0 Å². The summed E-state index contributed by atoms with van der Waals surface area (Å²) in [6, 6.07) is 17.3. The zero-order valence-corrected chi connectivity index (χ0v) is 15.8. The highest BCUT2D eigenvalue weighted by Crippen LogP contribution is 2.43. The molecule has 0 aliphatic carbocycles. The lowest BCUT2D eigenvalue weighted by Crippen LogP contribution is -2.21. The molecule has 28 heavy (non-hydrogen) atoms. The van der Waals surface area contributed by atoms with Crippen LogP contribution in [0.3, 0.4) is 0 Å². The number of benzene rings is 2. The second-order valence-electron chi connectivity index (χ2n) is 6.48. The maximum absolute atomic E-state index is 9.65. The maximum atomic E-state index is 9.65. The van der Waals surface area contributed by atoms with Crippen molar-refractivity contribution in [3.05, 3.63) is 87.4 Å².